The molecule has 16 nitrogen and oxygen atoms in total. The molecule has 4 aromatic carbocycles. The molecule has 0 aliphatic carbocycles. The van der Waals surface area contributed by atoms with Crippen molar-refractivity contribution < 1.29 is 38.6 Å². The Kier molecular flexibility index (Phi) is 10.7. The molecule has 0 aliphatic rings. The van der Waals surface area contributed by atoms with E-state index in [1.54, 1.807) is 30.3 Å². The van der Waals surface area contributed by atoms with Gasteiger partial charge in [-0.25, -0.2) is 0 Å². The minimum absolute atomic E-state index is 0.00213. The van der Waals surface area contributed by atoms with Crippen molar-refractivity contribution in [3.05, 3.63) is 96.3 Å². The summed E-state index contributed by atoms with van der Waals surface area (Å²) in [5, 5.41) is 14.3. The molecule has 1 heterocycles. The molecule has 0 amide bonds. The van der Waals surface area contributed by atoms with Gasteiger partial charge in [0, 0.05) is 16.8 Å². The maximum absolute atomic E-state index is 12.0. The largest absolute Gasteiger partial charge is 0.425 e. The minimum atomic E-state index is -4.87. The van der Waals surface area contributed by atoms with Gasteiger partial charge in [0.2, 0.25) is 17.2 Å². The van der Waals surface area contributed by atoms with Crippen LogP contribution in [-0.2, 0) is 30.8 Å². The fourth-order valence-electron chi connectivity index (χ4n) is 3.86. The maximum atomic E-state index is 12.0. The van der Waals surface area contributed by atoms with Crippen molar-refractivity contribution in [2.45, 2.75) is 9.79 Å². The Hall–Kier alpha value is -5.18. The highest BCUT2D eigenvalue weighted by Gasteiger charge is 2.21. The third-order valence-corrected chi connectivity index (χ3v) is 7.76. The molecule has 242 valence electrons. The number of halogens is 1. The molecule has 0 atom stereocenters. The van der Waals surface area contributed by atoms with Gasteiger partial charge in [-0.15, -0.1) is 12.6 Å². The Morgan fingerprint density at radius 3 is 1.74 bits per heavy atom. The fraction of sp³-hybridized carbons (Fsp3) is 0. The molecule has 0 saturated carbocycles. The minimum Gasteiger partial charge on any atom is -0.324 e. The predicted molar refractivity (Wildman–Crippen MR) is 172 cm³/mol. The number of fused-ring (bicyclic) bond motifs is 1. The number of azo groups is 1. The molecule has 0 spiro atoms. The molecular formula is C27H20ClN7O9S3. The number of rotatable bonds is 9. The van der Waals surface area contributed by atoms with E-state index < -0.39 is 40.6 Å². The Morgan fingerprint density at radius 2 is 1.23 bits per heavy atom. The maximum Gasteiger partial charge on any atom is 0.425 e. The second kappa shape index (κ2) is 14.5. The SMILES string of the molecule is C=Cc1ccc(N=Nc2ccc(Nc3nc(Cl)nc(Nc4ccc5cc(S(=O)(=O)O)cc(S(=O)(=O)O)c5c4)n3)cc2)cc1.O=S(=O)=O. The van der Waals surface area contributed by atoms with Gasteiger partial charge in [-0.05, 0) is 83.2 Å². The number of aromatic nitrogens is 3. The fourth-order valence-corrected chi connectivity index (χ4v) is 5.37. The Labute approximate surface area is 273 Å². The van der Waals surface area contributed by atoms with Gasteiger partial charge in [-0.1, -0.05) is 30.9 Å². The predicted octanol–water partition coefficient (Wildman–Crippen LogP) is 5.71. The zero-order chi connectivity index (χ0) is 34.4. The highest BCUT2D eigenvalue weighted by Crippen LogP contribution is 2.31. The van der Waals surface area contributed by atoms with Crippen LogP contribution in [0.4, 0.5) is 34.6 Å². The van der Waals surface area contributed by atoms with Crippen LogP contribution in [0.2, 0.25) is 5.28 Å². The van der Waals surface area contributed by atoms with Gasteiger partial charge in [-0.3, -0.25) is 9.11 Å². The average molecular weight is 718 g/mol. The van der Waals surface area contributed by atoms with Crippen LogP contribution in [0, 0.1) is 0 Å². The Morgan fingerprint density at radius 1 is 0.723 bits per heavy atom. The first-order valence-electron chi connectivity index (χ1n) is 12.6. The lowest BCUT2D eigenvalue weighted by Crippen LogP contribution is -2.05. The molecule has 20 heteroatoms. The lowest BCUT2D eigenvalue weighted by molar-refractivity contribution is 0.482. The first kappa shape index (κ1) is 34.7. The lowest BCUT2D eigenvalue weighted by atomic mass is 10.1. The summed E-state index contributed by atoms with van der Waals surface area (Å²) < 4.78 is 91.6. The summed E-state index contributed by atoms with van der Waals surface area (Å²) in [5.74, 6) is 0.0918. The van der Waals surface area contributed by atoms with E-state index in [-0.39, 0.29) is 33.6 Å². The van der Waals surface area contributed by atoms with Gasteiger partial charge < -0.3 is 10.6 Å². The van der Waals surface area contributed by atoms with Crippen LogP contribution >= 0.6 is 11.6 Å². The number of nitrogens with zero attached hydrogens (tertiary/aromatic N) is 5. The van der Waals surface area contributed by atoms with Crippen molar-refractivity contribution >= 4 is 93.9 Å². The van der Waals surface area contributed by atoms with E-state index in [2.05, 4.69) is 42.4 Å². The Bertz CT molecular complexity index is 2330. The summed E-state index contributed by atoms with van der Waals surface area (Å²) in [4.78, 5) is 11.0. The highest BCUT2D eigenvalue weighted by atomic mass is 35.5. The van der Waals surface area contributed by atoms with E-state index in [1.165, 1.54) is 18.2 Å². The van der Waals surface area contributed by atoms with Crippen molar-refractivity contribution in [3.63, 3.8) is 0 Å². The topological polar surface area (TPSA) is 247 Å². The summed E-state index contributed by atoms with van der Waals surface area (Å²) in [7, 11) is -12.7. The van der Waals surface area contributed by atoms with Crippen molar-refractivity contribution in [2.75, 3.05) is 10.6 Å². The second-order valence-electron chi connectivity index (χ2n) is 9.06. The number of benzene rings is 4. The molecular weight excluding hydrogens is 698 g/mol. The molecule has 5 rings (SSSR count). The van der Waals surface area contributed by atoms with E-state index in [0.29, 0.717) is 23.1 Å². The van der Waals surface area contributed by atoms with Crippen LogP contribution in [0.3, 0.4) is 0 Å². The number of hydrogen-bond acceptors (Lipinski definition) is 14. The molecule has 0 unspecified atom stereocenters. The van der Waals surface area contributed by atoms with Gasteiger partial charge in [-0.2, -0.15) is 42.0 Å². The summed E-state index contributed by atoms with van der Waals surface area (Å²) in [5.41, 5.74) is 3.17. The number of anilines is 4. The molecule has 1 aromatic heterocycles. The van der Waals surface area contributed by atoms with Gasteiger partial charge in [0.15, 0.2) is 0 Å². The third-order valence-electron chi connectivity index (χ3n) is 5.86. The zero-order valence-electron chi connectivity index (χ0n) is 23.4. The van der Waals surface area contributed by atoms with Crippen molar-refractivity contribution in [3.8, 4) is 0 Å². The smallest absolute Gasteiger partial charge is 0.324 e. The van der Waals surface area contributed by atoms with Gasteiger partial charge in [0.1, 0.15) is 4.90 Å². The first-order valence-corrected chi connectivity index (χ1v) is 16.9. The standard InChI is InChI=1S/C27H20ClN7O6S2.O3S/c1-2-16-3-6-19(7-4-16)34-35-20-11-9-18(10-12-20)29-26-31-25(28)32-27(33-26)30-21-8-5-17-13-22(42(36,37)38)15-24(23(17)14-21)43(39,40)41;1-4(2)3/h2-15H,1H2,(H,36,37,38)(H,39,40,41)(H2,29,30,31,32,33);. The third kappa shape index (κ3) is 9.90. The number of hydrogen-bond donors (Lipinski definition) is 4. The zero-order valence-corrected chi connectivity index (χ0v) is 26.6. The first-order chi connectivity index (χ1) is 22.1. The quantitative estimate of drug-likeness (QED) is 0.105. The molecule has 47 heavy (non-hydrogen) atoms. The molecule has 0 fully saturated rings. The molecule has 5 aromatic rings. The van der Waals surface area contributed by atoms with Crippen molar-refractivity contribution in [1.29, 1.82) is 0 Å². The molecule has 0 saturated heterocycles. The van der Waals surface area contributed by atoms with E-state index in [4.69, 9.17) is 24.2 Å². The second-order valence-corrected chi connectivity index (χ2v) is 12.6. The Balaban J connectivity index is 0.00000118. The highest BCUT2D eigenvalue weighted by molar-refractivity contribution is 7.86. The summed E-state index contributed by atoms with van der Waals surface area (Å²) in [6.45, 7) is 3.72. The van der Waals surface area contributed by atoms with Crippen LogP contribution < -0.4 is 10.6 Å². The van der Waals surface area contributed by atoms with Crippen LogP contribution in [-0.4, -0.2) is 53.5 Å². The monoisotopic (exact) mass is 717 g/mol. The van der Waals surface area contributed by atoms with Gasteiger partial charge >= 0.3 is 10.6 Å². The molecule has 0 radical (unpaired) electrons. The van der Waals surface area contributed by atoms with E-state index >= 15 is 0 Å². The summed E-state index contributed by atoms with van der Waals surface area (Å²) in [6, 6.07) is 20.3. The van der Waals surface area contributed by atoms with Crippen LogP contribution in [0.25, 0.3) is 16.8 Å². The number of nitrogens with one attached hydrogen (secondary N) is 2. The molecule has 0 bridgehead atoms. The average Bonchev–Trinajstić information content (AvgIpc) is 2.99. The van der Waals surface area contributed by atoms with E-state index in [9.17, 15) is 25.9 Å². The lowest BCUT2D eigenvalue weighted by Gasteiger charge is -2.11. The normalized spacial score (nSPS) is 11.5. The van der Waals surface area contributed by atoms with Crippen molar-refractivity contribution in [2.24, 2.45) is 10.2 Å². The van der Waals surface area contributed by atoms with Gasteiger partial charge in [0.05, 0.1) is 16.3 Å². The summed E-state index contributed by atoms with van der Waals surface area (Å²) >= 11 is 6.10. The summed E-state index contributed by atoms with van der Waals surface area (Å²) in [6.07, 6.45) is 1.74. The van der Waals surface area contributed by atoms with E-state index in [0.717, 1.165) is 11.6 Å². The van der Waals surface area contributed by atoms with Crippen LogP contribution in [0.5, 0.6) is 0 Å². The van der Waals surface area contributed by atoms with Crippen molar-refractivity contribution in [1.82, 2.24) is 15.0 Å². The van der Waals surface area contributed by atoms with Crippen LogP contribution in [0.15, 0.2) is 105 Å². The van der Waals surface area contributed by atoms with E-state index in [1.807, 2.05) is 24.3 Å². The molecule has 4 N–H and O–H groups in total. The molecule has 0 aliphatic heterocycles. The van der Waals surface area contributed by atoms with Crippen LogP contribution in [0.1, 0.15) is 5.56 Å². The van der Waals surface area contributed by atoms with Gasteiger partial charge in [0.25, 0.3) is 20.2 Å².